The minimum absolute atomic E-state index is 0.0308. The second-order valence-electron chi connectivity index (χ2n) is 5.43. The summed E-state index contributed by atoms with van der Waals surface area (Å²) in [6.07, 6.45) is 2.77. The number of likely N-dealkylation sites (tertiary alicyclic amines) is 1. The van der Waals surface area contributed by atoms with Crippen molar-refractivity contribution in [2.45, 2.75) is 37.1 Å². The number of anilines is 1. The van der Waals surface area contributed by atoms with Crippen LogP contribution in [0.4, 0.5) is 5.69 Å². The highest BCUT2D eigenvalue weighted by molar-refractivity contribution is 7.89. The van der Waals surface area contributed by atoms with Crippen molar-refractivity contribution in [3.63, 3.8) is 0 Å². The van der Waals surface area contributed by atoms with Gasteiger partial charge in [0.15, 0.2) is 0 Å². The molecule has 1 aliphatic rings. The molecule has 118 valence electrons. The lowest BCUT2D eigenvalue weighted by molar-refractivity contribution is 0.208. The van der Waals surface area contributed by atoms with Gasteiger partial charge in [-0.05, 0) is 57.1 Å². The second kappa shape index (κ2) is 6.96. The lowest BCUT2D eigenvalue weighted by atomic mass is 10.1. The average molecular weight is 332 g/mol. The summed E-state index contributed by atoms with van der Waals surface area (Å²) in [5, 5.41) is 0.158. The number of nitrogen functional groups attached to an aromatic ring is 1. The van der Waals surface area contributed by atoms with Crippen molar-refractivity contribution in [2.75, 3.05) is 25.4 Å². The molecule has 5 nitrogen and oxygen atoms in total. The Hall–Kier alpha value is -0.820. The van der Waals surface area contributed by atoms with E-state index in [1.165, 1.54) is 12.1 Å². The monoisotopic (exact) mass is 331 g/mol. The SMILES string of the molecule is CCCN1CCC(NS(=O)(=O)c2ccc(N)cc2Cl)CC1. The minimum Gasteiger partial charge on any atom is -0.399 e. The first-order valence-electron chi connectivity index (χ1n) is 7.22. The molecule has 1 fully saturated rings. The number of nitrogens with one attached hydrogen (secondary N) is 1. The molecule has 0 aliphatic carbocycles. The summed E-state index contributed by atoms with van der Waals surface area (Å²) in [5.41, 5.74) is 6.04. The van der Waals surface area contributed by atoms with Crippen molar-refractivity contribution < 1.29 is 8.42 Å². The quantitative estimate of drug-likeness (QED) is 0.810. The fourth-order valence-electron chi connectivity index (χ4n) is 2.61. The summed E-state index contributed by atoms with van der Waals surface area (Å²) < 4.78 is 27.5. The lowest BCUT2D eigenvalue weighted by Gasteiger charge is -2.31. The van der Waals surface area contributed by atoms with Crippen LogP contribution in [-0.4, -0.2) is 39.0 Å². The van der Waals surface area contributed by atoms with Crippen LogP contribution in [0.15, 0.2) is 23.1 Å². The molecule has 0 amide bonds. The standard InChI is InChI=1S/C14H22ClN3O2S/c1-2-7-18-8-5-12(6-9-18)17-21(19,20)14-4-3-11(16)10-13(14)15/h3-4,10,12,17H,2,5-9,16H2,1H3. The molecule has 1 heterocycles. The molecule has 0 unspecified atom stereocenters. The number of nitrogens with two attached hydrogens (primary N) is 1. The molecule has 0 atom stereocenters. The van der Waals surface area contributed by atoms with Crippen molar-refractivity contribution in [1.29, 1.82) is 0 Å². The average Bonchev–Trinajstić information content (AvgIpc) is 2.40. The Labute approximate surface area is 131 Å². The van der Waals surface area contributed by atoms with E-state index >= 15 is 0 Å². The van der Waals surface area contributed by atoms with Gasteiger partial charge in [0, 0.05) is 11.7 Å². The van der Waals surface area contributed by atoms with Crippen molar-refractivity contribution in [1.82, 2.24) is 9.62 Å². The summed E-state index contributed by atoms with van der Waals surface area (Å²) in [6, 6.07) is 4.42. The number of sulfonamides is 1. The van der Waals surface area contributed by atoms with Gasteiger partial charge in [-0.15, -0.1) is 0 Å². The van der Waals surface area contributed by atoms with E-state index in [1.807, 2.05) is 0 Å². The van der Waals surface area contributed by atoms with E-state index in [-0.39, 0.29) is 16.0 Å². The number of hydrogen-bond donors (Lipinski definition) is 2. The van der Waals surface area contributed by atoms with Crippen LogP contribution in [0.2, 0.25) is 5.02 Å². The van der Waals surface area contributed by atoms with Crippen molar-refractivity contribution in [3.8, 4) is 0 Å². The number of nitrogens with zero attached hydrogens (tertiary/aromatic N) is 1. The third-order valence-electron chi connectivity index (χ3n) is 3.69. The van der Waals surface area contributed by atoms with Gasteiger partial charge in [0.25, 0.3) is 0 Å². The zero-order valence-corrected chi connectivity index (χ0v) is 13.8. The van der Waals surface area contributed by atoms with Crippen LogP contribution in [0.5, 0.6) is 0 Å². The maximum Gasteiger partial charge on any atom is 0.242 e. The van der Waals surface area contributed by atoms with Gasteiger partial charge >= 0.3 is 0 Å². The van der Waals surface area contributed by atoms with E-state index in [0.29, 0.717) is 5.69 Å². The molecule has 0 spiro atoms. The van der Waals surface area contributed by atoms with Crippen LogP contribution in [0.1, 0.15) is 26.2 Å². The fraction of sp³-hybridized carbons (Fsp3) is 0.571. The summed E-state index contributed by atoms with van der Waals surface area (Å²) in [7, 11) is -3.59. The molecule has 1 aliphatic heterocycles. The maximum atomic E-state index is 12.4. The first kappa shape index (κ1) is 16.5. The van der Waals surface area contributed by atoms with Gasteiger partial charge in [0.2, 0.25) is 10.0 Å². The Balaban J connectivity index is 2.02. The van der Waals surface area contributed by atoms with Gasteiger partial charge in [-0.2, -0.15) is 0 Å². The highest BCUT2D eigenvalue weighted by Crippen LogP contribution is 2.24. The maximum absolute atomic E-state index is 12.4. The number of hydrogen-bond acceptors (Lipinski definition) is 4. The normalized spacial score (nSPS) is 18.0. The molecule has 2 rings (SSSR count). The Kier molecular flexibility index (Phi) is 5.48. The molecule has 7 heteroatoms. The van der Waals surface area contributed by atoms with E-state index in [0.717, 1.165) is 38.9 Å². The highest BCUT2D eigenvalue weighted by atomic mass is 35.5. The zero-order chi connectivity index (χ0) is 15.5. The van der Waals surface area contributed by atoms with Crippen LogP contribution in [0.3, 0.4) is 0 Å². The van der Waals surface area contributed by atoms with Crippen LogP contribution >= 0.6 is 11.6 Å². The van der Waals surface area contributed by atoms with Crippen molar-refractivity contribution in [2.24, 2.45) is 0 Å². The first-order chi connectivity index (χ1) is 9.92. The highest BCUT2D eigenvalue weighted by Gasteiger charge is 2.25. The van der Waals surface area contributed by atoms with Gasteiger partial charge in [0.1, 0.15) is 4.90 Å². The third-order valence-corrected chi connectivity index (χ3v) is 5.70. The van der Waals surface area contributed by atoms with E-state index in [2.05, 4.69) is 16.5 Å². The molecule has 0 saturated carbocycles. The van der Waals surface area contributed by atoms with Crippen molar-refractivity contribution in [3.05, 3.63) is 23.2 Å². The molecule has 0 bridgehead atoms. The molecule has 0 aromatic heterocycles. The predicted molar refractivity (Wildman–Crippen MR) is 85.9 cm³/mol. The first-order valence-corrected chi connectivity index (χ1v) is 9.08. The van der Waals surface area contributed by atoms with Gasteiger partial charge in [-0.3, -0.25) is 0 Å². The van der Waals surface area contributed by atoms with Gasteiger partial charge in [-0.1, -0.05) is 18.5 Å². The lowest BCUT2D eigenvalue weighted by Crippen LogP contribution is -2.44. The molecular weight excluding hydrogens is 310 g/mol. The summed E-state index contributed by atoms with van der Waals surface area (Å²) in [6.45, 7) is 5.08. The molecule has 0 radical (unpaired) electrons. The number of piperidine rings is 1. The Morgan fingerprint density at radius 1 is 1.38 bits per heavy atom. The molecule has 1 aromatic rings. The summed E-state index contributed by atoms with van der Waals surface area (Å²) in [4.78, 5) is 2.45. The zero-order valence-electron chi connectivity index (χ0n) is 12.2. The van der Waals surface area contributed by atoms with E-state index in [1.54, 1.807) is 6.07 Å². The van der Waals surface area contributed by atoms with Gasteiger partial charge < -0.3 is 10.6 Å². The van der Waals surface area contributed by atoms with Crippen LogP contribution in [-0.2, 0) is 10.0 Å². The summed E-state index contributed by atoms with van der Waals surface area (Å²) >= 11 is 5.99. The number of benzene rings is 1. The fourth-order valence-corrected chi connectivity index (χ4v) is 4.47. The van der Waals surface area contributed by atoms with E-state index in [4.69, 9.17) is 17.3 Å². The van der Waals surface area contributed by atoms with Gasteiger partial charge in [0.05, 0.1) is 5.02 Å². The predicted octanol–water partition coefficient (Wildman–Crippen LogP) is 2.07. The Morgan fingerprint density at radius 2 is 2.05 bits per heavy atom. The third kappa shape index (κ3) is 4.32. The topological polar surface area (TPSA) is 75.4 Å². The number of rotatable bonds is 5. The van der Waals surface area contributed by atoms with Crippen LogP contribution < -0.4 is 10.5 Å². The second-order valence-corrected chi connectivity index (χ2v) is 7.52. The van der Waals surface area contributed by atoms with Crippen LogP contribution in [0, 0.1) is 0 Å². The largest absolute Gasteiger partial charge is 0.399 e. The van der Waals surface area contributed by atoms with Gasteiger partial charge in [-0.25, -0.2) is 13.1 Å². The Bertz CT molecular complexity index is 584. The molecular formula is C14H22ClN3O2S. The smallest absolute Gasteiger partial charge is 0.242 e. The summed E-state index contributed by atoms with van der Waals surface area (Å²) in [5.74, 6) is 0. The van der Waals surface area contributed by atoms with E-state index < -0.39 is 10.0 Å². The van der Waals surface area contributed by atoms with E-state index in [9.17, 15) is 8.42 Å². The molecule has 1 saturated heterocycles. The Morgan fingerprint density at radius 3 is 2.62 bits per heavy atom. The number of halogens is 1. The molecule has 1 aromatic carbocycles. The molecule has 3 N–H and O–H groups in total. The van der Waals surface area contributed by atoms with Crippen LogP contribution in [0.25, 0.3) is 0 Å². The van der Waals surface area contributed by atoms with Crippen molar-refractivity contribution >= 4 is 27.3 Å². The minimum atomic E-state index is -3.59. The molecule has 21 heavy (non-hydrogen) atoms.